The van der Waals surface area contributed by atoms with Crippen LogP contribution in [0.2, 0.25) is 5.02 Å². The minimum Gasteiger partial charge on any atom is -0.465 e. The van der Waals surface area contributed by atoms with E-state index in [1.165, 1.54) is 30.5 Å². The molecule has 0 radical (unpaired) electrons. The van der Waals surface area contributed by atoms with Crippen LogP contribution in [0.1, 0.15) is 11.3 Å². The van der Waals surface area contributed by atoms with Gasteiger partial charge < -0.3 is 9.73 Å². The summed E-state index contributed by atoms with van der Waals surface area (Å²) in [6.07, 6.45) is 3.18. The van der Waals surface area contributed by atoms with Gasteiger partial charge in [-0.25, -0.2) is 8.42 Å². The van der Waals surface area contributed by atoms with Gasteiger partial charge in [0.1, 0.15) is 5.76 Å². The van der Waals surface area contributed by atoms with Gasteiger partial charge in [0.2, 0.25) is 0 Å². The molecule has 2 N–H and O–H groups in total. The molecule has 0 spiro atoms. The quantitative estimate of drug-likeness (QED) is 0.323. The van der Waals surface area contributed by atoms with Crippen molar-refractivity contribution in [3.8, 4) is 0 Å². The van der Waals surface area contributed by atoms with E-state index in [1.807, 2.05) is 30.3 Å². The summed E-state index contributed by atoms with van der Waals surface area (Å²) in [7, 11) is -3.85. The number of rotatable bonds is 7. The monoisotopic (exact) mass is 478 g/mol. The zero-order valence-corrected chi connectivity index (χ0v) is 18.8. The van der Waals surface area contributed by atoms with Gasteiger partial charge in [-0.2, -0.15) is 0 Å². The third-order valence-electron chi connectivity index (χ3n) is 4.70. The normalized spacial score (nSPS) is 11.7. The lowest BCUT2D eigenvalue weighted by Gasteiger charge is -2.11. The van der Waals surface area contributed by atoms with Crippen LogP contribution < -0.4 is 10.0 Å². The molecule has 1 amide bonds. The number of carbonyl (C=O) groups excluding carboxylic acids is 1. The van der Waals surface area contributed by atoms with E-state index in [-0.39, 0.29) is 16.5 Å². The summed E-state index contributed by atoms with van der Waals surface area (Å²) < 4.78 is 33.2. The van der Waals surface area contributed by atoms with Crippen molar-refractivity contribution < 1.29 is 17.6 Å². The Bertz CT molecular complexity index is 1380. The number of furan rings is 1. The molecule has 0 fully saturated rings. The van der Waals surface area contributed by atoms with Gasteiger partial charge in [-0.1, -0.05) is 54.1 Å². The molecular formula is C25H19ClN2O4S. The third-order valence-corrected chi connectivity index (χ3v) is 6.41. The van der Waals surface area contributed by atoms with Crippen molar-refractivity contribution >= 4 is 50.6 Å². The predicted octanol–water partition coefficient (Wildman–Crippen LogP) is 5.91. The summed E-state index contributed by atoms with van der Waals surface area (Å²) in [5, 5.41) is 3.10. The zero-order valence-electron chi connectivity index (χ0n) is 17.2. The van der Waals surface area contributed by atoms with Crippen LogP contribution in [0.25, 0.3) is 11.6 Å². The second-order valence-electron chi connectivity index (χ2n) is 7.00. The van der Waals surface area contributed by atoms with Crippen molar-refractivity contribution in [1.82, 2.24) is 0 Å². The maximum absolute atomic E-state index is 13.0. The summed E-state index contributed by atoms with van der Waals surface area (Å²) in [6, 6.07) is 25.1. The fraction of sp³-hybridized carbons (Fsp3) is 0. The number of benzene rings is 3. The topological polar surface area (TPSA) is 88.4 Å². The van der Waals surface area contributed by atoms with Crippen molar-refractivity contribution in [3.05, 3.63) is 114 Å². The Morgan fingerprint density at radius 2 is 1.55 bits per heavy atom. The van der Waals surface area contributed by atoms with Crippen LogP contribution in [0.4, 0.5) is 11.4 Å². The average Bonchev–Trinajstić information content (AvgIpc) is 3.33. The highest BCUT2D eigenvalue weighted by Crippen LogP contribution is 2.25. The van der Waals surface area contributed by atoms with Gasteiger partial charge in [0.05, 0.1) is 27.4 Å². The molecule has 8 heteroatoms. The maximum atomic E-state index is 13.0. The van der Waals surface area contributed by atoms with Crippen LogP contribution in [0.3, 0.4) is 0 Å². The first kappa shape index (κ1) is 22.4. The van der Waals surface area contributed by atoms with Crippen LogP contribution >= 0.6 is 11.6 Å². The molecular weight excluding hydrogens is 460 g/mol. The van der Waals surface area contributed by atoms with Crippen LogP contribution in [0, 0.1) is 0 Å². The average molecular weight is 479 g/mol. The molecule has 166 valence electrons. The number of amides is 1. The Hall–Kier alpha value is -3.81. The Morgan fingerprint density at radius 3 is 2.21 bits per heavy atom. The zero-order chi connectivity index (χ0) is 23.3. The molecule has 0 aliphatic rings. The number of hydrogen-bond acceptors (Lipinski definition) is 4. The van der Waals surface area contributed by atoms with E-state index in [0.29, 0.717) is 22.0 Å². The molecule has 4 aromatic rings. The van der Waals surface area contributed by atoms with E-state index < -0.39 is 10.0 Å². The molecule has 0 saturated heterocycles. The van der Waals surface area contributed by atoms with Gasteiger partial charge in [-0.3, -0.25) is 9.52 Å². The van der Waals surface area contributed by atoms with Gasteiger partial charge in [0.25, 0.3) is 15.9 Å². The van der Waals surface area contributed by atoms with Crippen LogP contribution in [-0.2, 0) is 14.8 Å². The number of nitrogens with one attached hydrogen (secondary N) is 2. The molecule has 33 heavy (non-hydrogen) atoms. The summed E-state index contributed by atoms with van der Waals surface area (Å²) in [6.45, 7) is 0. The molecule has 0 aliphatic heterocycles. The third kappa shape index (κ3) is 5.52. The van der Waals surface area contributed by atoms with Gasteiger partial charge in [0, 0.05) is 5.69 Å². The molecule has 0 saturated carbocycles. The minimum absolute atomic E-state index is 0.0369. The van der Waals surface area contributed by atoms with Crippen LogP contribution in [-0.4, -0.2) is 14.3 Å². The van der Waals surface area contributed by atoms with Crippen molar-refractivity contribution in [2.24, 2.45) is 0 Å². The van der Waals surface area contributed by atoms with E-state index >= 15 is 0 Å². The van der Waals surface area contributed by atoms with E-state index in [0.717, 1.165) is 5.56 Å². The first-order chi connectivity index (χ1) is 15.9. The first-order valence-electron chi connectivity index (χ1n) is 9.92. The standard InChI is InChI=1S/C25H19ClN2O4S/c26-23-10-4-5-11-24(23)28-33(30,31)21-14-12-19(13-15-21)27-25(29)22(17-20-9-6-16-32-20)18-7-2-1-3-8-18/h1-17,28H,(H,27,29)/b22-17+. The molecule has 4 rings (SSSR count). The number of sulfonamides is 1. The second-order valence-corrected chi connectivity index (χ2v) is 9.09. The van der Waals surface area contributed by atoms with E-state index in [2.05, 4.69) is 10.0 Å². The highest BCUT2D eigenvalue weighted by atomic mass is 35.5. The lowest BCUT2D eigenvalue weighted by molar-refractivity contribution is -0.111. The highest BCUT2D eigenvalue weighted by Gasteiger charge is 2.17. The predicted molar refractivity (Wildman–Crippen MR) is 130 cm³/mol. The van der Waals surface area contributed by atoms with Crippen molar-refractivity contribution in [2.45, 2.75) is 4.90 Å². The van der Waals surface area contributed by atoms with Crippen molar-refractivity contribution in [1.29, 1.82) is 0 Å². The molecule has 0 bridgehead atoms. The number of carbonyl (C=O) groups is 1. The number of hydrogen-bond donors (Lipinski definition) is 2. The highest BCUT2D eigenvalue weighted by molar-refractivity contribution is 7.92. The summed E-state index contributed by atoms with van der Waals surface area (Å²) in [5.41, 5.74) is 1.85. The largest absolute Gasteiger partial charge is 0.465 e. The number of para-hydroxylation sites is 1. The lowest BCUT2D eigenvalue weighted by Crippen LogP contribution is -2.15. The lowest BCUT2D eigenvalue weighted by atomic mass is 10.0. The SMILES string of the molecule is O=C(Nc1ccc(S(=O)(=O)Nc2ccccc2Cl)cc1)/C(=C/c1ccco1)c1ccccc1. The van der Waals surface area contributed by atoms with E-state index in [9.17, 15) is 13.2 Å². The maximum Gasteiger partial charge on any atom is 0.261 e. The molecule has 3 aromatic carbocycles. The Labute approximate surface area is 196 Å². The number of halogens is 1. The van der Waals surface area contributed by atoms with Gasteiger partial charge >= 0.3 is 0 Å². The Kier molecular flexibility index (Phi) is 6.63. The fourth-order valence-corrected chi connectivity index (χ4v) is 4.40. The molecule has 0 atom stereocenters. The van der Waals surface area contributed by atoms with Gasteiger partial charge in [0.15, 0.2) is 0 Å². The summed E-state index contributed by atoms with van der Waals surface area (Å²) in [5.74, 6) is 0.179. The Morgan fingerprint density at radius 1 is 0.848 bits per heavy atom. The van der Waals surface area contributed by atoms with Crippen molar-refractivity contribution in [3.63, 3.8) is 0 Å². The van der Waals surface area contributed by atoms with Gasteiger partial charge in [-0.05, 0) is 60.2 Å². The smallest absolute Gasteiger partial charge is 0.261 e. The first-order valence-corrected chi connectivity index (χ1v) is 11.8. The molecule has 0 aliphatic carbocycles. The molecule has 1 aromatic heterocycles. The summed E-state index contributed by atoms with van der Waals surface area (Å²) in [4.78, 5) is 13.1. The van der Waals surface area contributed by atoms with Crippen LogP contribution in [0.15, 0.2) is 107 Å². The second kappa shape index (κ2) is 9.77. The summed E-state index contributed by atoms with van der Waals surface area (Å²) >= 11 is 6.04. The van der Waals surface area contributed by atoms with Crippen LogP contribution in [0.5, 0.6) is 0 Å². The molecule has 1 heterocycles. The Balaban J connectivity index is 1.54. The van der Waals surface area contributed by atoms with Gasteiger partial charge in [-0.15, -0.1) is 0 Å². The fourth-order valence-electron chi connectivity index (χ4n) is 3.08. The molecule has 6 nitrogen and oxygen atoms in total. The van der Waals surface area contributed by atoms with Crippen molar-refractivity contribution in [2.75, 3.05) is 10.0 Å². The number of anilines is 2. The molecule has 0 unspecified atom stereocenters. The van der Waals surface area contributed by atoms with E-state index in [4.69, 9.17) is 16.0 Å². The minimum atomic E-state index is -3.85. The van der Waals surface area contributed by atoms with E-state index in [1.54, 1.807) is 42.5 Å².